The van der Waals surface area contributed by atoms with E-state index in [2.05, 4.69) is 5.10 Å². The van der Waals surface area contributed by atoms with E-state index in [9.17, 15) is 9.90 Å². The summed E-state index contributed by atoms with van der Waals surface area (Å²) in [6.45, 7) is 2.69. The summed E-state index contributed by atoms with van der Waals surface area (Å²) >= 11 is 0. The van der Waals surface area contributed by atoms with E-state index >= 15 is 0 Å². The SMILES string of the molecule is CN(Cc1cnn(C)c1)CC1(O)CCCN(CC2CCCCC2)C1=O. The molecule has 140 valence electrons. The van der Waals surface area contributed by atoms with Gasteiger partial charge in [0.05, 0.1) is 6.20 Å². The molecule has 0 radical (unpaired) electrons. The fourth-order valence-corrected chi connectivity index (χ4v) is 4.44. The molecule has 1 aliphatic heterocycles. The van der Waals surface area contributed by atoms with Crippen LogP contribution in [0.25, 0.3) is 0 Å². The van der Waals surface area contributed by atoms with E-state index in [1.807, 2.05) is 36.3 Å². The average Bonchev–Trinajstić information content (AvgIpc) is 2.97. The van der Waals surface area contributed by atoms with Crippen LogP contribution in [0.3, 0.4) is 0 Å². The van der Waals surface area contributed by atoms with Gasteiger partial charge in [-0.3, -0.25) is 14.4 Å². The Hall–Kier alpha value is -1.40. The first-order valence-electron chi connectivity index (χ1n) is 9.64. The monoisotopic (exact) mass is 348 g/mol. The number of nitrogens with zero attached hydrogens (tertiary/aromatic N) is 4. The molecule has 3 rings (SSSR count). The predicted octanol–water partition coefficient (Wildman–Crippen LogP) is 1.79. The third-order valence-corrected chi connectivity index (χ3v) is 5.65. The lowest BCUT2D eigenvalue weighted by molar-refractivity contribution is -0.160. The topological polar surface area (TPSA) is 61.6 Å². The molecule has 1 N–H and O–H groups in total. The number of likely N-dealkylation sites (tertiary alicyclic amines) is 1. The number of likely N-dealkylation sites (N-methyl/N-ethyl adjacent to an activating group) is 1. The molecule has 1 aromatic rings. The van der Waals surface area contributed by atoms with Gasteiger partial charge in [-0.15, -0.1) is 0 Å². The number of aromatic nitrogens is 2. The summed E-state index contributed by atoms with van der Waals surface area (Å²) in [5, 5.41) is 15.2. The Morgan fingerprint density at radius 3 is 2.76 bits per heavy atom. The number of carbonyl (C=O) groups is 1. The Labute approximate surface area is 150 Å². The average molecular weight is 348 g/mol. The van der Waals surface area contributed by atoms with Gasteiger partial charge in [0, 0.05) is 45.0 Å². The molecule has 25 heavy (non-hydrogen) atoms. The number of hydrogen-bond acceptors (Lipinski definition) is 4. The molecule has 0 spiro atoms. The Bertz CT molecular complexity index is 582. The van der Waals surface area contributed by atoms with Crippen LogP contribution >= 0.6 is 0 Å². The summed E-state index contributed by atoms with van der Waals surface area (Å²) in [6, 6.07) is 0. The van der Waals surface area contributed by atoms with Crippen molar-refractivity contribution in [1.29, 1.82) is 0 Å². The van der Waals surface area contributed by atoms with Gasteiger partial charge >= 0.3 is 0 Å². The van der Waals surface area contributed by atoms with E-state index in [1.165, 1.54) is 32.1 Å². The second kappa shape index (κ2) is 7.87. The van der Waals surface area contributed by atoms with Gasteiger partial charge in [-0.2, -0.15) is 5.10 Å². The molecule has 1 saturated carbocycles. The number of hydrogen-bond donors (Lipinski definition) is 1. The molecule has 6 nitrogen and oxygen atoms in total. The maximum Gasteiger partial charge on any atom is 0.255 e. The molecular weight excluding hydrogens is 316 g/mol. The third-order valence-electron chi connectivity index (χ3n) is 5.65. The Kier molecular flexibility index (Phi) is 5.79. The molecule has 1 saturated heterocycles. The number of piperidine rings is 1. The van der Waals surface area contributed by atoms with Gasteiger partial charge in [-0.25, -0.2) is 0 Å². The van der Waals surface area contributed by atoms with Crippen LogP contribution in [0.4, 0.5) is 0 Å². The second-order valence-electron chi connectivity index (χ2n) is 8.08. The summed E-state index contributed by atoms with van der Waals surface area (Å²) in [5.74, 6) is 0.551. The molecule has 2 aliphatic rings. The molecule has 0 aromatic carbocycles. The minimum Gasteiger partial charge on any atom is -0.379 e. The minimum absolute atomic E-state index is 0.0673. The van der Waals surface area contributed by atoms with Gasteiger partial charge in [-0.05, 0) is 38.6 Å². The van der Waals surface area contributed by atoms with E-state index in [0.717, 1.165) is 25.1 Å². The summed E-state index contributed by atoms with van der Waals surface area (Å²) in [4.78, 5) is 16.9. The number of aliphatic hydroxyl groups is 1. The molecule has 0 bridgehead atoms. The van der Waals surface area contributed by atoms with Gasteiger partial charge in [0.2, 0.25) is 0 Å². The zero-order valence-corrected chi connectivity index (χ0v) is 15.7. The number of rotatable bonds is 6. The quantitative estimate of drug-likeness (QED) is 0.851. The van der Waals surface area contributed by atoms with Crippen LogP contribution < -0.4 is 0 Å². The molecule has 2 heterocycles. The number of aryl methyl sites for hydroxylation is 1. The van der Waals surface area contributed by atoms with E-state index in [4.69, 9.17) is 0 Å². The van der Waals surface area contributed by atoms with Crippen LogP contribution in [0.2, 0.25) is 0 Å². The zero-order chi connectivity index (χ0) is 17.9. The largest absolute Gasteiger partial charge is 0.379 e. The van der Waals surface area contributed by atoms with Crippen molar-refractivity contribution in [3.05, 3.63) is 18.0 Å². The van der Waals surface area contributed by atoms with Gasteiger partial charge in [0.1, 0.15) is 0 Å². The van der Waals surface area contributed by atoms with E-state index in [1.54, 1.807) is 4.68 Å². The highest BCUT2D eigenvalue weighted by molar-refractivity contribution is 5.86. The summed E-state index contributed by atoms with van der Waals surface area (Å²) < 4.78 is 1.77. The molecule has 6 heteroatoms. The lowest BCUT2D eigenvalue weighted by Gasteiger charge is -2.41. The van der Waals surface area contributed by atoms with Crippen LogP contribution in [0.5, 0.6) is 0 Å². The minimum atomic E-state index is -1.25. The number of carbonyl (C=O) groups excluding carboxylic acids is 1. The smallest absolute Gasteiger partial charge is 0.255 e. The van der Waals surface area contributed by atoms with Crippen molar-refractivity contribution < 1.29 is 9.90 Å². The van der Waals surface area contributed by atoms with Crippen molar-refractivity contribution in [2.75, 3.05) is 26.7 Å². The van der Waals surface area contributed by atoms with Crippen LogP contribution in [0.1, 0.15) is 50.5 Å². The molecule has 1 aromatic heterocycles. The standard InChI is InChI=1S/C19H32N4O2/c1-21(12-17-11-20-22(2)13-17)15-19(25)9-6-10-23(18(19)24)14-16-7-4-3-5-8-16/h11,13,16,25H,3-10,12,14-15H2,1-2H3. The lowest BCUT2D eigenvalue weighted by Crippen LogP contribution is -2.58. The van der Waals surface area contributed by atoms with E-state index in [0.29, 0.717) is 25.4 Å². The normalized spacial score (nSPS) is 25.8. The summed E-state index contributed by atoms with van der Waals surface area (Å²) in [6.07, 6.45) is 11.6. The van der Waals surface area contributed by atoms with E-state index < -0.39 is 5.60 Å². The van der Waals surface area contributed by atoms with Crippen molar-refractivity contribution in [3.8, 4) is 0 Å². The second-order valence-corrected chi connectivity index (χ2v) is 8.08. The first kappa shape index (κ1) is 18.4. The van der Waals surface area contributed by atoms with Gasteiger partial charge in [-0.1, -0.05) is 19.3 Å². The molecule has 1 atom stereocenters. The summed E-state index contributed by atoms with van der Waals surface area (Å²) in [5.41, 5.74) is -0.153. The molecular formula is C19H32N4O2. The van der Waals surface area contributed by atoms with E-state index in [-0.39, 0.29) is 5.91 Å². The van der Waals surface area contributed by atoms with Crippen molar-refractivity contribution in [1.82, 2.24) is 19.6 Å². The molecule has 1 aliphatic carbocycles. The Morgan fingerprint density at radius 1 is 1.32 bits per heavy atom. The maximum atomic E-state index is 12.9. The first-order chi connectivity index (χ1) is 12.0. The molecule has 1 unspecified atom stereocenters. The highest BCUT2D eigenvalue weighted by Crippen LogP contribution is 2.29. The fraction of sp³-hybridized carbons (Fsp3) is 0.789. The van der Waals surface area contributed by atoms with Crippen molar-refractivity contribution in [2.45, 2.75) is 57.1 Å². The highest BCUT2D eigenvalue weighted by atomic mass is 16.3. The Balaban J connectivity index is 1.57. The maximum absolute atomic E-state index is 12.9. The van der Waals surface area contributed by atoms with Crippen LogP contribution in [-0.4, -0.2) is 62.9 Å². The van der Waals surface area contributed by atoms with Crippen molar-refractivity contribution in [3.63, 3.8) is 0 Å². The predicted molar refractivity (Wildman–Crippen MR) is 96.9 cm³/mol. The fourth-order valence-electron chi connectivity index (χ4n) is 4.44. The van der Waals surface area contributed by atoms with Gasteiger partial charge in [0.25, 0.3) is 5.91 Å². The highest BCUT2D eigenvalue weighted by Gasteiger charge is 2.43. The molecule has 2 fully saturated rings. The Morgan fingerprint density at radius 2 is 2.08 bits per heavy atom. The molecule has 1 amide bonds. The number of amides is 1. The third kappa shape index (κ3) is 4.61. The van der Waals surface area contributed by atoms with Crippen LogP contribution in [-0.2, 0) is 18.4 Å². The van der Waals surface area contributed by atoms with Crippen LogP contribution in [0, 0.1) is 5.92 Å². The van der Waals surface area contributed by atoms with Crippen LogP contribution in [0.15, 0.2) is 12.4 Å². The zero-order valence-electron chi connectivity index (χ0n) is 15.7. The van der Waals surface area contributed by atoms with Gasteiger partial charge < -0.3 is 10.0 Å². The van der Waals surface area contributed by atoms with Gasteiger partial charge in [0.15, 0.2) is 5.60 Å². The summed E-state index contributed by atoms with van der Waals surface area (Å²) in [7, 11) is 3.85. The van der Waals surface area contributed by atoms with Crippen molar-refractivity contribution >= 4 is 5.91 Å². The van der Waals surface area contributed by atoms with Crippen molar-refractivity contribution in [2.24, 2.45) is 13.0 Å². The lowest BCUT2D eigenvalue weighted by atomic mass is 9.86. The first-order valence-corrected chi connectivity index (χ1v) is 9.64.